The molecule has 2 heteroatoms. The number of halogens is 1. The highest BCUT2D eigenvalue weighted by atomic mass is 35.5. The molecule has 0 radical (unpaired) electrons. The SMILES string of the molecule is Cc1ccccc1C(N)c1ccc(Cl)cc1C. The summed E-state index contributed by atoms with van der Waals surface area (Å²) in [6, 6.07) is 14.0. The monoisotopic (exact) mass is 245 g/mol. The van der Waals surface area contributed by atoms with Gasteiger partial charge in [-0.25, -0.2) is 0 Å². The summed E-state index contributed by atoms with van der Waals surface area (Å²) < 4.78 is 0. The summed E-state index contributed by atoms with van der Waals surface area (Å²) in [5.74, 6) is 0. The molecule has 88 valence electrons. The standard InChI is InChI=1S/C15H16ClN/c1-10-5-3-4-6-13(10)15(17)14-8-7-12(16)9-11(14)2/h3-9,15H,17H2,1-2H3. The summed E-state index contributed by atoms with van der Waals surface area (Å²) in [4.78, 5) is 0. The van der Waals surface area contributed by atoms with E-state index in [-0.39, 0.29) is 6.04 Å². The van der Waals surface area contributed by atoms with Crippen LogP contribution in [0.1, 0.15) is 28.3 Å². The van der Waals surface area contributed by atoms with Gasteiger partial charge in [0.1, 0.15) is 0 Å². The summed E-state index contributed by atoms with van der Waals surface area (Å²) in [5.41, 5.74) is 11.0. The topological polar surface area (TPSA) is 26.0 Å². The quantitative estimate of drug-likeness (QED) is 0.850. The van der Waals surface area contributed by atoms with Crippen LogP contribution in [0.3, 0.4) is 0 Å². The lowest BCUT2D eigenvalue weighted by atomic mass is 9.93. The summed E-state index contributed by atoms with van der Waals surface area (Å²) in [6.07, 6.45) is 0. The molecule has 0 spiro atoms. The lowest BCUT2D eigenvalue weighted by Gasteiger charge is -2.17. The first-order valence-electron chi connectivity index (χ1n) is 5.67. The minimum Gasteiger partial charge on any atom is -0.320 e. The molecule has 2 N–H and O–H groups in total. The zero-order chi connectivity index (χ0) is 12.4. The van der Waals surface area contributed by atoms with E-state index in [9.17, 15) is 0 Å². The van der Waals surface area contributed by atoms with Crippen molar-refractivity contribution in [1.29, 1.82) is 0 Å². The number of benzene rings is 2. The molecule has 0 amide bonds. The molecule has 1 atom stereocenters. The van der Waals surface area contributed by atoms with E-state index < -0.39 is 0 Å². The molecule has 0 saturated carbocycles. The number of rotatable bonds is 2. The summed E-state index contributed by atoms with van der Waals surface area (Å²) >= 11 is 5.96. The number of nitrogens with two attached hydrogens (primary N) is 1. The van der Waals surface area contributed by atoms with Crippen LogP contribution in [0.4, 0.5) is 0 Å². The third-order valence-corrected chi connectivity index (χ3v) is 3.33. The highest BCUT2D eigenvalue weighted by Gasteiger charge is 2.13. The lowest BCUT2D eigenvalue weighted by Crippen LogP contribution is -2.14. The van der Waals surface area contributed by atoms with Gasteiger partial charge in [0, 0.05) is 5.02 Å². The van der Waals surface area contributed by atoms with Crippen LogP contribution in [0.5, 0.6) is 0 Å². The third-order valence-electron chi connectivity index (χ3n) is 3.09. The predicted octanol–water partition coefficient (Wildman–Crippen LogP) is 4.00. The first-order valence-corrected chi connectivity index (χ1v) is 6.04. The van der Waals surface area contributed by atoms with Crippen LogP contribution in [0.2, 0.25) is 5.02 Å². The predicted molar refractivity (Wildman–Crippen MR) is 73.4 cm³/mol. The van der Waals surface area contributed by atoms with Crippen molar-refractivity contribution in [3.05, 3.63) is 69.7 Å². The summed E-state index contributed by atoms with van der Waals surface area (Å²) in [5, 5.41) is 0.753. The maximum absolute atomic E-state index is 6.32. The Kier molecular flexibility index (Phi) is 3.51. The Bertz CT molecular complexity index is 534. The Hall–Kier alpha value is -1.31. The smallest absolute Gasteiger partial charge is 0.0556 e. The second kappa shape index (κ2) is 4.91. The molecule has 0 saturated heterocycles. The van der Waals surface area contributed by atoms with E-state index in [1.165, 1.54) is 5.56 Å². The average Bonchev–Trinajstić information content (AvgIpc) is 2.29. The lowest BCUT2D eigenvalue weighted by molar-refractivity contribution is 0.852. The Morgan fingerprint density at radius 2 is 1.59 bits per heavy atom. The summed E-state index contributed by atoms with van der Waals surface area (Å²) in [7, 11) is 0. The Balaban J connectivity index is 2.44. The van der Waals surface area contributed by atoms with E-state index in [4.69, 9.17) is 17.3 Å². The molecular weight excluding hydrogens is 230 g/mol. The molecule has 0 fully saturated rings. The number of hydrogen-bond donors (Lipinski definition) is 1. The molecule has 2 aromatic carbocycles. The van der Waals surface area contributed by atoms with Crippen LogP contribution < -0.4 is 5.73 Å². The van der Waals surface area contributed by atoms with Crippen LogP contribution >= 0.6 is 11.6 Å². The highest BCUT2D eigenvalue weighted by molar-refractivity contribution is 6.30. The first-order chi connectivity index (χ1) is 8.09. The number of aryl methyl sites for hydroxylation is 2. The molecule has 17 heavy (non-hydrogen) atoms. The molecule has 0 aliphatic carbocycles. The van der Waals surface area contributed by atoms with Gasteiger partial charge in [0.2, 0.25) is 0 Å². The van der Waals surface area contributed by atoms with Crippen molar-refractivity contribution in [2.75, 3.05) is 0 Å². The van der Waals surface area contributed by atoms with Gasteiger partial charge in [0.25, 0.3) is 0 Å². The number of hydrogen-bond acceptors (Lipinski definition) is 1. The second-order valence-electron chi connectivity index (χ2n) is 4.34. The van der Waals surface area contributed by atoms with Gasteiger partial charge in [-0.3, -0.25) is 0 Å². The maximum atomic E-state index is 6.32. The molecule has 1 nitrogen and oxygen atoms in total. The van der Waals surface area contributed by atoms with Crippen molar-refractivity contribution in [2.24, 2.45) is 5.73 Å². The zero-order valence-electron chi connectivity index (χ0n) is 10.1. The van der Waals surface area contributed by atoms with Crippen LogP contribution in [0.25, 0.3) is 0 Å². The van der Waals surface area contributed by atoms with Gasteiger partial charge in [-0.05, 0) is 48.2 Å². The van der Waals surface area contributed by atoms with E-state index in [1.807, 2.05) is 37.3 Å². The van der Waals surface area contributed by atoms with Gasteiger partial charge < -0.3 is 5.73 Å². The van der Waals surface area contributed by atoms with E-state index in [1.54, 1.807) is 0 Å². The Labute approximate surface area is 107 Å². The van der Waals surface area contributed by atoms with Gasteiger partial charge in [0.15, 0.2) is 0 Å². The molecule has 0 aliphatic heterocycles. The van der Waals surface area contributed by atoms with Gasteiger partial charge >= 0.3 is 0 Å². The van der Waals surface area contributed by atoms with Gasteiger partial charge in [-0.2, -0.15) is 0 Å². The van der Waals surface area contributed by atoms with E-state index in [0.717, 1.165) is 21.7 Å². The molecule has 0 bridgehead atoms. The van der Waals surface area contributed by atoms with Crippen molar-refractivity contribution < 1.29 is 0 Å². The van der Waals surface area contributed by atoms with E-state index in [0.29, 0.717) is 0 Å². The van der Waals surface area contributed by atoms with Crippen molar-refractivity contribution in [1.82, 2.24) is 0 Å². The third kappa shape index (κ3) is 2.51. The Morgan fingerprint density at radius 1 is 0.941 bits per heavy atom. The minimum absolute atomic E-state index is 0.0894. The van der Waals surface area contributed by atoms with Crippen LogP contribution in [0.15, 0.2) is 42.5 Å². The van der Waals surface area contributed by atoms with Crippen molar-refractivity contribution in [2.45, 2.75) is 19.9 Å². The van der Waals surface area contributed by atoms with Crippen LogP contribution in [-0.4, -0.2) is 0 Å². The molecule has 0 heterocycles. The fourth-order valence-electron chi connectivity index (χ4n) is 2.09. The largest absolute Gasteiger partial charge is 0.320 e. The minimum atomic E-state index is -0.0894. The fourth-order valence-corrected chi connectivity index (χ4v) is 2.32. The van der Waals surface area contributed by atoms with E-state index in [2.05, 4.69) is 19.1 Å². The molecule has 2 aromatic rings. The zero-order valence-corrected chi connectivity index (χ0v) is 10.8. The highest BCUT2D eigenvalue weighted by Crippen LogP contribution is 2.26. The van der Waals surface area contributed by atoms with Gasteiger partial charge in [-0.15, -0.1) is 0 Å². The molecular formula is C15H16ClN. The molecule has 2 rings (SSSR count). The maximum Gasteiger partial charge on any atom is 0.0556 e. The average molecular weight is 246 g/mol. The molecule has 1 unspecified atom stereocenters. The molecule has 0 aliphatic rings. The van der Waals surface area contributed by atoms with Gasteiger partial charge in [0.05, 0.1) is 6.04 Å². The fraction of sp³-hybridized carbons (Fsp3) is 0.200. The van der Waals surface area contributed by atoms with Crippen molar-refractivity contribution in [3.8, 4) is 0 Å². The normalized spacial score (nSPS) is 12.5. The van der Waals surface area contributed by atoms with Gasteiger partial charge in [-0.1, -0.05) is 41.9 Å². The van der Waals surface area contributed by atoms with E-state index >= 15 is 0 Å². The summed E-state index contributed by atoms with van der Waals surface area (Å²) in [6.45, 7) is 4.12. The first kappa shape index (κ1) is 12.2. The Morgan fingerprint density at radius 3 is 2.24 bits per heavy atom. The van der Waals surface area contributed by atoms with Crippen molar-refractivity contribution >= 4 is 11.6 Å². The second-order valence-corrected chi connectivity index (χ2v) is 4.77. The van der Waals surface area contributed by atoms with Crippen molar-refractivity contribution in [3.63, 3.8) is 0 Å². The van der Waals surface area contributed by atoms with Crippen LogP contribution in [0, 0.1) is 13.8 Å². The molecule has 0 aromatic heterocycles. The van der Waals surface area contributed by atoms with Crippen LogP contribution in [-0.2, 0) is 0 Å².